The molecule has 3 aliphatic carbocycles. The minimum absolute atomic E-state index is 0.130. The quantitative estimate of drug-likeness (QED) is 0.113. The van der Waals surface area contributed by atoms with Gasteiger partial charge in [-0.15, -0.1) is 11.5 Å². The molecule has 0 saturated heterocycles. The summed E-state index contributed by atoms with van der Waals surface area (Å²) < 4.78 is 0. The van der Waals surface area contributed by atoms with Crippen molar-refractivity contribution in [1.82, 2.24) is 0 Å². The zero-order valence-corrected chi connectivity index (χ0v) is 41.9. The SMILES string of the molecule is C=C/C=C\C=Cc1cccc(C)c1.C=C=C(/C=C\C)c1ccc(C)cc1C(C)(C)C.C=CC(=C)/C=C\C.CC.CC1=C2C=CCC=C1Cc1cc3c(cc12)C=C=C3.Cc1ccccc1C. The van der Waals surface area contributed by atoms with Gasteiger partial charge in [-0.2, -0.15) is 0 Å². The maximum atomic E-state index is 3.79. The Bertz CT molecular complexity index is 2550. The van der Waals surface area contributed by atoms with Crippen LogP contribution in [0.2, 0.25) is 0 Å². The van der Waals surface area contributed by atoms with E-state index in [-0.39, 0.29) is 5.41 Å². The van der Waals surface area contributed by atoms with Crippen LogP contribution in [0, 0.1) is 27.7 Å². The second kappa shape index (κ2) is 28.9. The average Bonchev–Trinajstić information content (AvgIpc) is 3.71. The second-order valence-corrected chi connectivity index (χ2v) is 16.8. The molecular weight excluding hydrogens is 781 g/mol. The van der Waals surface area contributed by atoms with Gasteiger partial charge in [-0.3, -0.25) is 0 Å². The number of benzene rings is 4. The summed E-state index contributed by atoms with van der Waals surface area (Å²) in [5.74, 6) is 0. The van der Waals surface area contributed by atoms with Crippen LogP contribution in [-0.2, 0) is 11.8 Å². The summed E-state index contributed by atoms with van der Waals surface area (Å²) >= 11 is 0. The molecule has 0 saturated carbocycles. The highest BCUT2D eigenvalue weighted by Gasteiger charge is 2.22. The van der Waals surface area contributed by atoms with Gasteiger partial charge in [0.25, 0.3) is 0 Å². The third kappa shape index (κ3) is 18.1. The van der Waals surface area contributed by atoms with E-state index in [9.17, 15) is 0 Å². The van der Waals surface area contributed by atoms with Crippen LogP contribution in [0.25, 0.3) is 29.4 Å². The Morgan fingerprint density at radius 2 is 1.38 bits per heavy atom. The lowest BCUT2D eigenvalue weighted by molar-refractivity contribution is 0.588. The summed E-state index contributed by atoms with van der Waals surface area (Å²) in [6, 6.07) is 28.0. The number of rotatable bonds is 7. The van der Waals surface area contributed by atoms with Gasteiger partial charge in [-0.25, -0.2) is 0 Å². The monoisotopic (exact) mass is 857 g/mol. The van der Waals surface area contributed by atoms with E-state index in [4.69, 9.17) is 0 Å². The number of hydrogen-bond donors (Lipinski definition) is 0. The molecule has 7 rings (SSSR count). The fourth-order valence-corrected chi connectivity index (χ4v) is 7.05. The lowest BCUT2D eigenvalue weighted by atomic mass is 9.81. The van der Waals surface area contributed by atoms with Crippen LogP contribution in [0.1, 0.15) is 123 Å². The van der Waals surface area contributed by atoms with Crippen molar-refractivity contribution in [1.29, 1.82) is 0 Å². The van der Waals surface area contributed by atoms with E-state index in [0.29, 0.717) is 0 Å². The van der Waals surface area contributed by atoms with Gasteiger partial charge in [0.15, 0.2) is 0 Å². The summed E-state index contributed by atoms with van der Waals surface area (Å²) in [6.45, 7) is 40.0. The number of aryl methyl sites for hydroxylation is 4. The summed E-state index contributed by atoms with van der Waals surface area (Å²) in [6.07, 6.45) is 32.6. The highest BCUT2D eigenvalue weighted by molar-refractivity contribution is 5.87. The highest BCUT2D eigenvalue weighted by Crippen LogP contribution is 2.39. The first kappa shape index (κ1) is 54.5. The molecule has 0 heterocycles. The molecule has 4 aromatic rings. The summed E-state index contributed by atoms with van der Waals surface area (Å²) in [4.78, 5) is 0. The van der Waals surface area contributed by atoms with Gasteiger partial charge in [0, 0.05) is 5.57 Å². The van der Waals surface area contributed by atoms with Crippen LogP contribution >= 0.6 is 0 Å². The lowest BCUT2D eigenvalue weighted by Gasteiger charge is -2.23. The Morgan fingerprint density at radius 3 is 1.94 bits per heavy atom. The van der Waals surface area contributed by atoms with E-state index in [1.165, 1.54) is 77.9 Å². The first-order chi connectivity index (χ1) is 31.2. The van der Waals surface area contributed by atoms with Crippen LogP contribution < -0.4 is 0 Å². The van der Waals surface area contributed by atoms with Crippen molar-refractivity contribution in [2.75, 3.05) is 0 Å². The van der Waals surface area contributed by atoms with E-state index in [0.717, 1.165) is 24.0 Å². The zero-order valence-electron chi connectivity index (χ0n) is 41.9. The second-order valence-electron chi connectivity index (χ2n) is 16.8. The third-order valence-corrected chi connectivity index (χ3v) is 10.7. The molecule has 65 heavy (non-hydrogen) atoms. The standard InChI is InChI=1S/C18H14.C17H22.C13H14.C8H10.C7H10.C2H6/c1-12-13-5-2-3-8-17(12)18-11-15-7-4-6-14(15)10-16(18)9-13;1-7-9-14(8-2)15-11-10-13(3)12-16(15)17(4,5)6;1-3-4-5-6-9-13-10-7-8-12(2)11-13;1-7-5-3-4-6-8(7)2;1-4-6-7(3)5-2;1-2/h3,5-8,10-11H,2,9H2,1H3;7,9-12H,2H2,1,3-6H3;3-11H,1H2,2H3;3-6H,1-2H3;4-6H,2-3H2,1H3;1-2H3/b;9-7-;5-4-,9-6?;;6-4-;. The topological polar surface area (TPSA) is 0 Å². The number of hydrogen-bond acceptors (Lipinski definition) is 0. The molecule has 0 N–H and O–H groups in total. The van der Waals surface area contributed by atoms with Crippen LogP contribution in [0.5, 0.6) is 0 Å². The largest absolute Gasteiger partial charge is 0.120 e. The lowest BCUT2D eigenvalue weighted by Crippen LogP contribution is -2.14. The van der Waals surface area contributed by atoms with Crippen LogP contribution in [0.4, 0.5) is 0 Å². The molecule has 0 aliphatic heterocycles. The Hall–Kier alpha value is -6.68. The number of allylic oxidation sites excluding steroid dienone is 17. The van der Waals surface area contributed by atoms with Gasteiger partial charge in [0.2, 0.25) is 0 Å². The smallest absolute Gasteiger partial charge is 0.0230 e. The van der Waals surface area contributed by atoms with Crippen molar-refractivity contribution < 1.29 is 0 Å². The van der Waals surface area contributed by atoms with E-state index < -0.39 is 0 Å². The molecule has 2 bridgehead atoms. The van der Waals surface area contributed by atoms with Crippen molar-refractivity contribution in [3.63, 3.8) is 0 Å². The highest BCUT2D eigenvalue weighted by atomic mass is 14.3. The van der Waals surface area contributed by atoms with Crippen molar-refractivity contribution in [3.05, 3.63) is 267 Å². The van der Waals surface area contributed by atoms with E-state index in [1.807, 2.05) is 64.2 Å². The predicted octanol–water partition coefficient (Wildman–Crippen LogP) is 19.0. The third-order valence-electron chi connectivity index (χ3n) is 10.7. The maximum Gasteiger partial charge on any atom is 0.0230 e. The molecule has 4 aromatic carbocycles. The summed E-state index contributed by atoms with van der Waals surface area (Å²) in [5.41, 5.74) is 27.4. The first-order valence-electron chi connectivity index (χ1n) is 23.0. The molecule has 0 aromatic heterocycles. The average molecular weight is 857 g/mol. The summed E-state index contributed by atoms with van der Waals surface area (Å²) in [7, 11) is 0. The molecule has 0 atom stereocenters. The molecule has 0 amide bonds. The molecule has 3 aliphatic rings. The van der Waals surface area contributed by atoms with Gasteiger partial charge >= 0.3 is 0 Å². The molecule has 0 heteroatoms. The maximum absolute atomic E-state index is 3.79. The molecule has 0 nitrogen and oxygen atoms in total. The van der Waals surface area contributed by atoms with Gasteiger partial charge in [-0.1, -0.05) is 218 Å². The van der Waals surface area contributed by atoms with Crippen molar-refractivity contribution in [2.45, 2.75) is 101 Å². The first-order valence-corrected chi connectivity index (χ1v) is 23.0. The van der Waals surface area contributed by atoms with Crippen LogP contribution in [-0.4, -0.2) is 0 Å². The predicted molar refractivity (Wildman–Crippen MR) is 295 cm³/mol. The zero-order chi connectivity index (χ0) is 48.4. The van der Waals surface area contributed by atoms with Gasteiger partial charge < -0.3 is 0 Å². The summed E-state index contributed by atoms with van der Waals surface area (Å²) in [5, 5.41) is 0. The van der Waals surface area contributed by atoms with E-state index in [1.54, 1.807) is 12.2 Å². The molecule has 0 radical (unpaired) electrons. The van der Waals surface area contributed by atoms with Crippen molar-refractivity contribution >= 4 is 29.4 Å². The van der Waals surface area contributed by atoms with E-state index in [2.05, 4.69) is 215 Å². The van der Waals surface area contributed by atoms with E-state index >= 15 is 0 Å². The number of fused-ring (bicyclic) bond motifs is 4. The Kier molecular flexibility index (Phi) is 24.2. The fourth-order valence-electron chi connectivity index (χ4n) is 7.05. The minimum atomic E-state index is 0.130. The van der Waals surface area contributed by atoms with Crippen LogP contribution in [0.15, 0.2) is 206 Å². The normalized spacial score (nSPS) is 12.6. The molecule has 0 fully saturated rings. The van der Waals surface area contributed by atoms with Gasteiger partial charge in [0.05, 0.1) is 0 Å². The molecule has 0 unspecified atom stereocenters. The Balaban J connectivity index is 0.000000288. The molecule has 0 spiro atoms. The van der Waals surface area contributed by atoms with Crippen molar-refractivity contribution in [3.8, 4) is 0 Å². The minimum Gasteiger partial charge on any atom is -0.120 e. The molecule has 336 valence electrons. The fraction of sp³-hybridized carbons (Fsp3) is 0.231. The van der Waals surface area contributed by atoms with Crippen molar-refractivity contribution in [2.24, 2.45) is 0 Å². The Labute approximate surface area is 396 Å². The Morgan fingerprint density at radius 1 is 0.738 bits per heavy atom. The van der Waals surface area contributed by atoms with Gasteiger partial charge in [-0.05, 0) is 163 Å². The van der Waals surface area contributed by atoms with Crippen LogP contribution in [0.3, 0.4) is 0 Å². The molecular formula is C65H76. The van der Waals surface area contributed by atoms with Gasteiger partial charge in [0.1, 0.15) is 0 Å².